The minimum atomic E-state index is -0.427. The fourth-order valence-corrected chi connectivity index (χ4v) is 2.07. The van der Waals surface area contributed by atoms with Gasteiger partial charge < -0.3 is 0 Å². The molecule has 0 unspecified atom stereocenters. The van der Waals surface area contributed by atoms with E-state index in [1.165, 1.54) is 19.1 Å². The van der Waals surface area contributed by atoms with Crippen LogP contribution in [0.15, 0.2) is 21.1 Å². The number of Topliss-reactive ketones (excluding diaryl/α,β-unsaturated/α-hetero) is 1. The fraction of sp³-hybridized carbons (Fsp3) is 0.125. The van der Waals surface area contributed by atoms with Gasteiger partial charge in [0.15, 0.2) is 5.78 Å². The summed E-state index contributed by atoms with van der Waals surface area (Å²) in [5, 5.41) is 0. The van der Waals surface area contributed by atoms with Crippen molar-refractivity contribution in [3.05, 3.63) is 32.5 Å². The van der Waals surface area contributed by atoms with Crippen molar-refractivity contribution in [2.45, 2.75) is 6.92 Å². The molecule has 1 rings (SSSR count). The summed E-state index contributed by atoms with van der Waals surface area (Å²) < 4.78 is 13.8. The fourth-order valence-electron chi connectivity index (χ4n) is 0.792. The second-order valence-electron chi connectivity index (χ2n) is 2.30. The number of hydrogen-bond donors (Lipinski definition) is 0. The Morgan fingerprint density at radius 3 is 2.42 bits per heavy atom. The van der Waals surface area contributed by atoms with E-state index in [1.54, 1.807) is 0 Å². The van der Waals surface area contributed by atoms with Crippen LogP contribution in [0, 0.1) is 5.82 Å². The number of ketones is 1. The summed E-state index contributed by atoms with van der Waals surface area (Å²) in [5.41, 5.74) is 0.357. The zero-order valence-electron chi connectivity index (χ0n) is 6.20. The third-order valence-corrected chi connectivity index (χ3v) is 2.65. The van der Waals surface area contributed by atoms with Gasteiger partial charge in [-0.1, -0.05) is 15.9 Å². The van der Waals surface area contributed by atoms with Crippen LogP contribution in [-0.2, 0) is 0 Å². The molecule has 1 aromatic carbocycles. The van der Waals surface area contributed by atoms with Gasteiger partial charge in [-0.15, -0.1) is 0 Å². The molecule has 0 amide bonds. The number of hydrogen-bond acceptors (Lipinski definition) is 1. The SMILES string of the molecule is CC(=O)c1cc(F)c(Br)cc1Br. The van der Waals surface area contributed by atoms with Gasteiger partial charge in [-0.3, -0.25) is 4.79 Å². The van der Waals surface area contributed by atoms with E-state index in [4.69, 9.17) is 0 Å². The zero-order chi connectivity index (χ0) is 9.30. The molecule has 0 bridgehead atoms. The average Bonchev–Trinajstić information content (AvgIpc) is 1.96. The predicted molar refractivity (Wildman–Crippen MR) is 51.8 cm³/mol. The van der Waals surface area contributed by atoms with Gasteiger partial charge in [0.25, 0.3) is 0 Å². The van der Waals surface area contributed by atoms with Crippen molar-refractivity contribution in [1.29, 1.82) is 0 Å². The Bertz CT molecular complexity index is 336. The molecule has 0 atom stereocenters. The van der Waals surface area contributed by atoms with Crippen molar-refractivity contribution in [3.8, 4) is 0 Å². The third-order valence-electron chi connectivity index (χ3n) is 1.39. The van der Waals surface area contributed by atoms with E-state index in [9.17, 15) is 9.18 Å². The highest BCUT2D eigenvalue weighted by Gasteiger charge is 2.09. The van der Waals surface area contributed by atoms with Gasteiger partial charge in [0.1, 0.15) is 5.82 Å². The first kappa shape index (κ1) is 9.86. The van der Waals surface area contributed by atoms with Gasteiger partial charge in [0.2, 0.25) is 0 Å². The van der Waals surface area contributed by atoms with E-state index in [0.717, 1.165) is 0 Å². The molecule has 12 heavy (non-hydrogen) atoms. The Morgan fingerprint density at radius 2 is 1.92 bits per heavy atom. The highest BCUT2D eigenvalue weighted by Crippen LogP contribution is 2.25. The Hall–Kier alpha value is -0.220. The molecule has 0 aliphatic carbocycles. The largest absolute Gasteiger partial charge is 0.294 e. The van der Waals surface area contributed by atoms with E-state index >= 15 is 0 Å². The molecule has 0 fully saturated rings. The summed E-state index contributed by atoms with van der Waals surface area (Å²) in [6.07, 6.45) is 0. The van der Waals surface area contributed by atoms with Crippen molar-refractivity contribution >= 4 is 37.6 Å². The normalized spacial score (nSPS) is 10.0. The number of rotatable bonds is 1. The van der Waals surface area contributed by atoms with E-state index in [0.29, 0.717) is 14.5 Å². The van der Waals surface area contributed by atoms with Gasteiger partial charge in [-0.25, -0.2) is 4.39 Å². The number of carbonyl (C=O) groups is 1. The molecular weight excluding hydrogens is 291 g/mol. The number of halogens is 3. The van der Waals surface area contributed by atoms with Crippen LogP contribution < -0.4 is 0 Å². The molecule has 0 aromatic heterocycles. The lowest BCUT2D eigenvalue weighted by atomic mass is 10.1. The number of benzene rings is 1. The zero-order valence-corrected chi connectivity index (χ0v) is 9.37. The maximum Gasteiger partial charge on any atom is 0.161 e. The van der Waals surface area contributed by atoms with E-state index in [2.05, 4.69) is 31.9 Å². The van der Waals surface area contributed by atoms with Crippen LogP contribution >= 0.6 is 31.9 Å². The first-order chi connectivity index (χ1) is 5.52. The topological polar surface area (TPSA) is 17.1 Å². The van der Waals surface area contributed by atoms with Crippen LogP contribution in [0.1, 0.15) is 17.3 Å². The van der Waals surface area contributed by atoms with Crippen LogP contribution in [0.25, 0.3) is 0 Å². The van der Waals surface area contributed by atoms with Crippen LogP contribution in [0.4, 0.5) is 4.39 Å². The molecule has 0 saturated carbocycles. The van der Waals surface area contributed by atoms with E-state index in [1.807, 2.05) is 0 Å². The second-order valence-corrected chi connectivity index (χ2v) is 4.01. The molecule has 0 radical (unpaired) electrons. The predicted octanol–water partition coefficient (Wildman–Crippen LogP) is 3.55. The lowest BCUT2D eigenvalue weighted by Crippen LogP contribution is -1.95. The van der Waals surface area contributed by atoms with Crippen molar-refractivity contribution in [1.82, 2.24) is 0 Å². The highest BCUT2D eigenvalue weighted by molar-refractivity contribution is 9.11. The van der Waals surface area contributed by atoms with Gasteiger partial charge in [0, 0.05) is 10.0 Å². The van der Waals surface area contributed by atoms with Crippen molar-refractivity contribution in [2.75, 3.05) is 0 Å². The molecule has 1 aromatic rings. The summed E-state index contributed by atoms with van der Waals surface area (Å²) in [7, 11) is 0. The standard InChI is InChI=1S/C8H5Br2FO/c1-4(12)5-2-8(11)7(10)3-6(5)9/h2-3H,1H3. The Kier molecular flexibility index (Phi) is 3.01. The van der Waals surface area contributed by atoms with Gasteiger partial charge in [-0.2, -0.15) is 0 Å². The van der Waals surface area contributed by atoms with Crippen LogP contribution in [0.3, 0.4) is 0 Å². The molecule has 4 heteroatoms. The molecule has 0 aliphatic rings. The summed E-state index contributed by atoms with van der Waals surface area (Å²) >= 11 is 6.18. The molecule has 1 nitrogen and oxygen atoms in total. The lowest BCUT2D eigenvalue weighted by Gasteiger charge is -2.01. The maximum absolute atomic E-state index is 12.9. The molecule has 0 N–H and O–H groups in total. The lowest BCUT2D eigenvalue weighted by molar-refractivity contribution is 0.101. The molecule has 0 aliphatic heterocycles. The minimum absolute atomic E-state index is 0.159. The summed E-state index contributed by atoms with van der Waals surface area (Å²) in [5.74, 6) is -0.586. The second kappa shape index (κ2) is 3.66. The van der Waals surface area contributed by atoms with Gasteiger partial charge in [0.05, 0.1) is 4.47 Å². The van der Waals surface area contributed by atoms with E-state index < -0.39 is 5.82 Å². The van der Waals surface area contributed by atoms with Crippen LogP contribution in [0.5, 0.6) is 0 Å². The maximum atomic E-state index is 12.9. The minimum Gasteiger partial charge on any atom is -0.294 e. The molecule has 0 saturated heterocycles. The summed E-state index contributed by atoms with van der Waals surface area (Å²) in [6.45, 7) is 1.40. The first-order valence-corrected chi connectivity index (χ1v) is 4.76. The smallest absolute Gasteiger partial charge is 0.161 e. The Balaban J connectivity index is 3.33. The van der Waals surface area contributed by atoms with Crippen molar-refractivity contribution in [2.24, 2.45) is 0 Å². The quantitative estimate of drug-likeness (QED) is 0.572. The van der Waals surface area contributed by atoms with Crippen LogP contribution in [-0.4, -0.2) is 5.78 Å². The average molecular weight is 296 g/mol. The van der Waals surface area contributed by atoms with Crippen LogP contribution in [0.2, 0.25) is 0 Å². The monoisotopic (exact) mass is 294 g/mol. The molecule has 0 heterocycles. The molecule has 0 spiro atoms. The van der Waals surface area contributed by atoms with Gasteiger partial charge >= 0.3 is 0 Å². The highest BCUT2D eigenvalue weighted by atomic mass is 79.9. The van der Waals surface area contributed by atoms with Gasteiger partial charge in [-0.05, 0) is 35.0 Å². The summed E-state index contributed by atoms with van der Waals surface area (Å²) in [4.78, 5) is 10.9. The summed E-state index contributed by atoms with van der Waals surface area (Å²) in [6, 6.07) is 2.72. The van der Waals surface area contributed by atoms with Crippen molar-refractivity contribution < 1.29 is 9.18 Å². The van der Waals surface area contributed by atoms with Crippen molar-refractivity contribution in [3.63, 3.8) is 0 Å². The van der Waals surface area contributed by atoms with E-state index in [-0.39, 0.29) is 5.78 Å². The number of carbonyl (C=O) groups excluding carboxylic acids is 1. The molecular formula is C8H5Br2FO. The Morgan fingerprint density at radius 1 is 1.33 bits per heavy atom. The first-order valence-electron chi connectivity index (χ1n) is 3.18. The Labute approximate surface area is 86.2 Å². The molecule has 64 valence electrons. The third kappa shape index (κ3) is 1.93.